The summed E-state index contributed by atoms with van der Waals surface area (Å²) in [5, 5.41) is 4.32. The number of hydrogen-bond donors (Lipinski definition) is 0. The Bertz CT molecular complexity index is 1330. The van der Waals surface area contributed by atoms with Gasteiger partial charge in [0.25, 0.3) is 5.91 Å². The Hall–Kier alpha value is -3.54. The average molecular weight is 440 g/mol. The molecule has 33 heavy (non-hydrogen) atoms. The highest BCUT2D eigenvalue weighted by Gasteiger charge is 2.28. The predicted molar refractivity (Wildman–Crippen MR) is 129 cm³/mol. The number of aromatic nitrogens is 4. The van der Waals surface area contributed by atoms with Crippen molar-refractivity contribution in [1.29, 1.82) is 0 Å². The number of likely N-dealkylation sites (tertiary alicyclic amines) is 1. The van der Waals surface area contributed by atoms with E-state index in [0.717, 1.165) is 42.9 Å². The van der Waals surface area contributed by atoms with E-state index in [-0.39, 0.29) is 11.8 Å². The lowest BCUT2D eigenvalue weighted by molar-refractivity contribution is 0.0696. The van der Waals surface area contributed by atoms with Crippen molar-refractivity contribution in [2.24, 2.45) is 0 Å². The zero-order valence-corrected chi connectivity index (χ0v) is 19.5. The third kappa shape index (κ3) is 4.38. The number of benzene rings is 1. The fourth-order valence-corrected chi connectivity index (χ4v) is 4.86. The summed E-state index contributed by atoms with van der Waals surface area (Å²) in [6.07, 6.45) is 4.58. The van der Waals surface area contributed by atoms with E-state index >= 15 is 0 Å². The zero-order chi connectivity index (χ0) is 22.9. The van der Waals surface area contributed by atoms with Gasteiger partial charge < -0.3 is 4.90 Å². The van der Waals surface area contributed by atoms with Crippen LogP contribution < -0.4 is 0 Å². The van der Waals surface area contributed by atoms with Gasteiger partial charge in [-0.05, 0) is 74.9 Å². The van der Waals surface area contributed by atoms with Gasteiger partial charge in [0, 0.05) is 42.2 Å². The fraction of sp³-hybridized carbons (Fsp3) is 0.333. The van der Waals surface area contributed by atoms with E-state index in [4.69, 9.17) is 4.98 Å². The quantitative estimate of drug-likeness (QED) is 0.464. The molecule has 1 amide bonds. The van der Waals surface area contributed by atoms with Crippen LogP contribution in [0.2, 0.25) is 0 Å². The Balaban J connectivity index is 1.39. The first kappa shape index (κ1) is 21.3. The van der Waals surface area contributed by atoms with E-state index < -0.39 is 0 Å². The summed E-state index contributed by atoms with van der Waals surface area (Å²) in [5.74, 6) is 0.237. The van der Waals surface area contributed by atoms with Crippen molar-refractivity contribution in [3.8, 4) is 0 Å². The lowest BCUT2D eigenvalue weighted by atomic mass is 9.91. The number of rotatable bonds is 4. The van der Waals surface area contributed by atoms with Crippen LogP contribution in [0.5, 0.6) is 0 Å². The van der Waals surface area contributed by atoms with Crippen LogP contribution >= 0.6 is 0 Å². The molecule has 1 atom stereocenters. The molecule has 4 aromatic rings. The molecular formula is C27H29N5O. The van der Waals surface area contributed by atoms with E-state index in [0.29, 0.717) is 17.9 Å². The van der Waals surface area contributed by atoms with Crippen molar-refractivity contribution in [3.63, 3.8) is 0 Å². The summed E-state index contributed by atoms with van der Waals surface area (Å²) < 4.78 is 1.64. The van der Waals surface area contributed by atoms with E-state index in [1.165, 1.54) is 16.7 Å². The van der Waals surface area contributed by atoms with E-state index in [2.05, 4.69) is 60.3 Å². The summed E-state index contributed by atoms with van der Waals surface area (Å²) >= 11 is 0. The standard InChI is InChI=1S/C27H29N5O/c1-18-7-4-5-8-22(18)15-21-13-19(2)29-24(16-21)23-9-6-12-31(17-23)27(33)25-14-20(3)30-26-10-11-28-32(25)26/h4-5,7-8,10-11,13-14,16,23H,6,9,12,15,17H2,1-3H3. The first-order valence-corrected chi connectivity index (χ1v) is 11.6. The van der Waals surface area contributed by atoms with Crippen LogP contribution in [0.4, 0.5) is 0 Å². The predicted octanol–water partition coefficient (Wildman–Crippen LogP) is 4.66. The molecule has 6 heteroatoms. The number of carbonyl (C=O) groups is 1. The molecule has 1 fully saturated rings. The molecule has 1 aromatic carbocycles. The molecule has 1 saturated heterocycles. The lowest BCUT2D eigenvalue weighted by Gasteiger charge is -2.33. The molecule has 1 aliphatic heterocycles. The molecule has 3 aromatic heterocycles. The minimum absolute atomic E-state index is 0.00619. The molecule has 5 rings (SSSR count). The maximum Gasteiger partial charge on any atom is 0.272 e. The molecule has 0 aliphatic carbocycles. The Morgan fingerprint density at radius 2 is 1.85 bits per heavy atom. The van der Waals surface area contributed by atoms with Crippen LogP contribution in [0.25, 0.3) is 5.65 Å². The second-order valence-electron chi connectivity index (χ2n) is 9.12. The van der Waals surface area contributed by atoms with Gasteiger partial charge in [-0.25, -0.2) is 9.50 Å². The Labute approximate surface area is 194 Å². The maximum absolute atomic E-state index is 13.5. The molecule has 0 spiro atoms. The number of piperidine rings is 1. The van der Waals surface area contributed by atoms with Crippen molar-refractivity contribution < 1.29 is 4.79 Å². The number of hydrogen-bond acceptors (Lipinski definition) is 4. The largest absolute Gasteiger partial charge is 0.337 e. The van der Waals surface area contributed by atoms with Crippen LogP contribution in [-0.4, -0.2) is 43.5 Å². The number of fused-ring (bicyclic) bond motifs is 1. The summed E-state index contributed by atoms with van der Waals surface area (Å²) in [5.41, 5.74) is 8.13. The van der Waals surface area contributed by atoms with Crippen LogP contribution in [0.1, 0.15) is 63.0 Å². The molecule has 168 valence electrons. The van der Waals surface area contributed by atoms with Gasteiger partial charge in [-0.1, -0.05) is 24.3 Å². The smallest absolute Gasteiger partial charge is 0.272 e. The SMILES string of the molecule is Cc1cc(Cc2ccccc2C)cc(C2CCCN(C(=O)c3cc(C)nc4ccnn34)C2)n1. The minimum Gasteiger partial charge on any atom is -0.337 e. The van der Waals surface area contributed by atoms with Crippen molar-refractivity contribution in [1.82, 2.24) is 24.5 Å². The van der Waals surface area contributed by atoms with Crippen LogP contribution in [0.3, 0.4) is 0 Å². The van der Waals surface area contributed by atoms with E-state index in [1.807, 2.05) is 24.0 Å². The van der Waals surface area contributed by atoms with Crippen LogP contribution in [0, 0.1) is 20.8 Å². The molecule has 1 aliphatic rings. The molecule has 1 unspecified atom stereocenters. The summed E-state index contributed by atoms with van der Waals surface area (Å²) in [6.45, 7) is 7.55. The lowest BCUT2D eigenvalue weighted by Crippen LogP contribution is -2.40. The van der Waals surface area contributed by atoms with Gasteiger partial charge in [-0.15, -0.1) is 0 Å². The first-order chi connectivity index (χ1) is 16.0. The van der Waals surface area contributed by atoms with Gasteiger partial charge in [-0.3, -0.25) is 9.78 Å². The second-order valence-corrected chi connectivity index (χ2v) is 9.12. The third-order valence-corrected chi connectivity index (χ3v) is 6.52. The van der Waals surface area contributed by atoms with Gasteiger partial charge in [0.15, 0.2) is 5.65 Å². The average Bonchev–Trinajstić information content (AvgIpc) is 3.28. The van der Waals surface area contributed by atoms with Gasteiger partial charge in [0.1, 0.15) is 5.69 Å². The molecule has 6 nitrogen and oxygen atoms in total. The topological polar surface area (TPSA) is 63.4 Å². The van der Waals surface area contributed by atoms with Crippen molar-refractivity contribution in [2.75, 3.05) is 13.1 Å². The highest BCUT2D eigenvalue weighted by molar-refractivity contribution is 5.93. The zero-order valence-electron chi connectivity index (χ0n) is 19.5. The van der Waals surface area contributed by atoms with E-state index in [1.54, 1.807) is 10.7 Å². The maximum atomic E-state index is 13.5. The Morgan fingerprint density at radius 3 is 2.70 bits per heavy atom. The first-order valence-electron chi connectivity index (χ1n) is 11.6. The molecule has 4 heterocycles. The van der Waals surface area contributed by atoms with Gasteiger partial charge in [0.05, 0.1) is 6.20 Å². The number of carbonyl (C=O) groups excluding carboxylic acids is 1. The monoisotopic (exact) mass is 439 g/mol. The summed E-state index contributed by atoms with van der Waals surface area (Å²) in [7, 11) is 0. The van der Waals surface area contributed by atoms with Gasteiger partial charge >= 0.3 is 0 Å². The Morgan fingerprint density at radius 1 is 1.03 bits per heavy atom. The van der Waals surface area contributed by atoms with Gasteiger partial charge in [-0.2, -0.15) is 5.10 Å². The third-order valence-electron chi connectivity index (χ3n) is 6.52. The molecule has 0 saturated carbocycles. The summed E-state index contributed by atoms with van der Waals surface area (Å²) in [6, 6.07) is 16.6. The second kappa shape index (κ2) is 8.77. The van der Waals surface area contributed by atoms with E-state index in [9.17, 15) is 4.79 Å². The molecule has 0 N–H and O–H groups in total. The molecule has 0 bridgehead atoms. The van der Waals surface area contributed by atoms with Crippen molar-refractivity contribution in [2.45, 2.75) is 46.0 Å². The number of aryl methyl sites for hydroxylation is 3. The Kier molecular flexibility index (Phi) is 5.67. The number of nitrogens with zero attached hydrogens (tertiary/aromatic N) is 5. The van der Waals surface area contributed by atoms with Crippen LogP contribution in [-0.2, 0) is 6.42 Å². The number of amides is 1. The highest BCUT2D eigenvalue weighted by atomic mass is 16.2. The molecule has 0 radical (unpaired) electrons. The fourth-order valence-electron chi connectivity index (χ4n) is 4.86. The van der Waals surface area contributed by atoms with Crippen molar-refractivity contribution >= 4 is 11.6 Å². The van der Waals surface area contributed by atoms with Crippen LogP contribution in [0.15, 0.2) is 54.7 Å². The van der Waals surface area contributed by atoms with Gasteiger partial charge in [0.2, 0.25) is 0 Å². The molecular weight excluding hydrogens is 410 g/mol. The summed E-state index contributed by atoms with van der Waals surface area (Å²) in [4.78, 5) is 24.8. The highest BCUT2D eigenvalue weighted by Crippen LogP contribution is 2.28. The minimum atomic E-state index is 0.00619. The number of pyridine rings is 1. The normalized spacial score (nSPS) is 16.3. The van der Waals surface area contributed by atoms with Crippen molar-refractivity contribution in [3.05, 3.63) is 94.2 Å².